The fourth-order valence-electron chi connectivity index (χ4n) is 2.19. The second kappa shape index (κ2) is 7.92. The van der Waals surface area contributed by atoms with E-state index < -0.39 is 0 Å². The van der Waals surface area contributed by atoms with Gasteiger partial charge in [0.2, 0.25) is 0 Å². The maximum Gasteiger partial charge on any atom is 0.133 e. The number of aromatic nitrogens is 1. The van der Waals surface area contributed by atoms with E-state index in [1.165, 1.54) is 10.4 Å². The number of anilines is 1. The molecule has 0 atom stereocenters. The third kappa shape index (κ3) is 4.53. The molecule has 1 N–H and O–H groups in total. The van der Waals surface area contributed by atoms with Crippen LogP contribution >= 0.6 is 27.3 Å². The molecule has 3 nitrogen and oxygen atoms in total. The van der Waals surface area contributed by atoms with Crippen LogP contribution in [0.1, 0.15) is 31.2 Å². The van der Waals surface area contributed by atoms with Gasteiger partial charge in [-0.25, -0.2) is 4.98 Å². The third-order valence-corrected chi connectivity index (χ3v) is 4.57. The van der Waals surface area contributed by atoms with Crippen molar-refractivity contribution in [2.45, 2.75) is 39.9 Å². The Hall–Kier alpha value is -0.910. The monoisotopic (exact) mass is 367 g/mol. The third-order valence-electron chi connectivity index (χ3n) is 3.28. The van der Waals surface area contributed by atoms with Gasteiger partial charge < -0.3 is 10.2 Å². The van der Waals surface area contributed by atoms with Gasteiger partial charge in [0, 0.05) is 33.7 Å². The number of nitrogens with zero attached hydrogens (tertiary/aromatic N) is 2. The van der Waals surface area contributed by atoms with Gasteiger partial charge in [-0.1, -0.05) is 13.0 Å². The van der Waals surface area contributed by atoms with Crippen LogP contribution in [0.15, 0.2) is 34.2 Å². The zero-order valence-corrected chi connectivity index (χ0v) is 15.2. The van der Waals surface area contributed by atoms with Gasteiger partial charge >= 0.3 is 0 Å². The Morgan fingerprint density at radius 2 is 2.24 bits per heavy atom. The molecule has 0 aliphatic heterocycles. The Morgan fingerprint density at radius 1 is 1.43 bits per heavy atom. The number of halogens is 1. The summed E-state index contributed by atoms with van der Waals surface area (Å²) in [5.41, 5.74) is 1.23. The molecule has 2 rings (SSSR count). The average Bonchev–Trinajstić information content (AvgIpc) is 2.96. The van der Waals surface area contributed by atoms with Crippen LogP contribution in [0.3, 0.4) is 0 Å². The van der Waals surface area contributed by atoms with E-state index in [-0.39, 0.29) is 0 Å². The van der Waals surface area contributed by atoms with Crippen molar-refractivity contribution in [1.29, 1.82) is 0 Å². The molecule has 0 aromatic carbocycles. The highest BCUT2D eigenvalue weighted by Crippen LogP contribution is 2.26. The van der Waals surface area contributed by atoms with Crippen LogP contribution in [-0.4, -0.2) is 17.6 Å². The minimum absolute atomic E-state index is 0.404. The van der Waals surface area contributed by atoms with E-state index in [0.29, 0.717) is 6.04 Å². The lowest BCUT2D eigenvalue weighted by Crippen LogP contribution is -2.32. The minimum Gasteiger partial charge on any atom is -0.349 e. The van der Waals surface area contributed by atoms with Gasteiger partial charge in [-0.15, -0.1) is 11.3 Å². The number of hydrogen-bond acceptors (Lipinski definition) is 4. The molecule has 0 fully saturated rings. The summed E-state index contributed by atoms with van der Waals surface area (Å²) in [5.74, 6) is 1.07. The quantitative estimate of drug-likeness (QED) is 0.784. The first-order valence-corrected chi connectivity index (χ1v) is 8.93. The van der Waals surface area contributed by atoms with E-state index in [4.69, 9.17) is 0 Å². The summed E-state index contributed by atoms with van der Waals surface area (Å²) in [7, 11) is 0. The van der Waals surface area contributed by atoms with E-state index in [9.17, 15) is 0 Å². The van der Waals surface area contributed by atoms with Crippen LogP contribution in [0.5, 0.6) is 0 Å². The maximum atomic E-state index is 4.68. The van der Waals surface area contributed by atoms with Gasteiger partial charge in [0.25, 0.3) is 0 Å². The molecule has 5 heteroatoms. The van der Waals surface area contributed by atoms with Crippen LogP contribution in [0.4, 0.5) is 5.82 Å². The summed E-state index contributed by atoms with van der Waals surface area (Å²) in [5, 5.41) is 5.53. The number of nitrogens with one attached hydrogen (secondary N) is 1. The van der Waals surface area contributed by atoms with Crippen molar-refractivity contribution in [1.82, 2.24) is 10.3 Å². The smallest absolute Gasteiger partial charge is 0.133 e. The summed E-state index contributed by atoms with van der Waals surface area (Å²) in [6.45, 7) is 9.26. The van der Waals surface area contributed by atoms with Gasteiger partial charge in [0.15, 0.2) is 0 Å². The standard InChI is InChI=1S/C16H22BrN3S/c1-4-18-9-13-8-14(17)10-19-16(13)20(12(2)3)11-15-6-5-7-21-15/h5-8,10,12,18H,4,9,11H2,1-3H3. The van der Waals surface area contributed by atoms with Crippen LogP contribution in [0.2, 0.25) is 0 Å². The van der Waals surface area contributed by atoms with Crippen LogP contribution in [0, 0.1) is 0 Å². The van der Waals surface area contributed by atoms with Gasteiger partial charge in [-0.3, -0.25) is 0 Å². The molecule has 21 heavy (non-hydrogen) atoms. The Balaban J connectivity index is 2.30. The van der Waals surface area contributed by atoms with Gasteiger partial charge in [-0.2, -0.15) is 0 Å². The summed E-state index contributed by atoms with van der Waals surface area (Å²) < 4.78 is 1.03. The number of hydrogen-bond donors (Lipinski definition) is 1. The molecule has 2 heterocycles. The Labute approximate surface area is 139 Å². The van der Waals surface area contributed by atoms with E-state index in [1.54, 1.807) is 11.3 Å². The van der Waals surface area contributed by atoms with Crippen LogP contribution in [-0.2, 0) is 13.1 Å². The molecular formula is C16H22BrN3S. The van der Waals surface area contributed by atoms with Crippen LogP contribution in [0.25, 0.3) is 0 Å². The van der Waals surface area contributed by atoms with E-state index >= 15 is 0 Å². The minimum atomic E-state index is 0.404. The second-order valence-electron chi connectivity index (χ2n) is 5.22. The first-order chi connectivity index (χ1) is 10.1. The predicted molar refractivity (Wildman–Crippen MR) is 95.0 cm³/mol. The van der Waals surface area contributed by atoms with Gasteiger partial charge in [-0.05, 0) is 53.8 Å². The summed E-state index contributed by atoms with van der Waals surface area (Å²) in [6, 6.07) is 6.85. The lowest BCUT2D eigenvalue weighted by molar-refractivity contribution is 0.660. The van der Waals surface area contributed by atoms with Crippen molar-refractivity contribution >= 4 is 33.1 Å². The molecule has 114 valence electrons. The molecule has 0 bridgehead atoms. The summed E-state index contributed by atoms with van der Waals surface area (Å²) in [6.07, 6.45) is 1.88. The van der Waals surface area contributed by atoms with E-state index in [0.717, 1.165) is 29.9 Å². The van der Waals surface area contributed by atoms with Crippen molar-refractivity contribution in [3.63, 3.8) is 0 Å². The predicted octanol–water partition coefficient (Wildman–Crippen LogP) is 4.43. The SMILES string of the molecule is CCNCc1cc(Br)cnc1N(Cc1cccs1)C(C)C. The topological polar surface area (TPSA) is 28.2 Å². The lowest BCUT2D eigenvalue weighted by atomic mass is 10.2. The molecule has 0 saturated heterocycles. The zero-order valence-electron chi connectivity index (χ0n) is 12.8. The molecule has 0 unspecified atom stereocenters. The van der Waals surface area contributed by atoms with Crippen molar-refractivity contribution in [2.75, 3.05) is 11.4 Å². The molecule has 2 aromatic heterocycles. The molecule has 0 amide bonds. The molecule has 0 radical (unpaired) electrons. The first-order valence-electron chi connectivity index (χ1n) is 7.26. The highest BCUT2D eigenvalue weighted by molar-refractivity contribution is 9.10. The molecule has 2 aromatic rings. The Kier molecular flexibility index (Phi) is 6.21. The number of rotatable bonds is 7. The highest BCUT2D eigenvalue weighted by Gasteiger charge is 2.17. The fraction of sp³-hybridized carbons (Fsp3) is 0.438. The number of thiophene rings is 1. The Bertz CT molecular complexity index is 555. The second-order valence-corrected chi connectivity index (χ2v) is 7.17. The van der Waals surface area contributed by atoms with Crippen molar-refractivity contribution in [2.24, 2.45) is 0 Å². The maximum absolute atomic E-state index is 4.68. The number of pyridine rings is 1. The Morgan fingerprint density at radius 3 is 2.86 bits per heavy atom. The largest absolute Gasteiger partial charge is 0.349 e. The summed E-state index contributed by atoms with van der Waals surface area (Å²) in [4.78, 5) is 8.41. The highest BCUT2D eigenvalue weighted by atomic mass is 79.9. The van der Waals surface area contributed by atoms with Gasteiger partial charge in [0.1, 0.15) is 5.82 Å². The van der Waals surface area contributed by atoms with Crippen molar-refractivity contribution in [3.8, 4) is 0 Å². The fourth-order valence-corrected chi connectivity index (χ4v) is 3.28. The molecule has 0 saturated carbocycles. The zero-order chi connectivity index (χ0) is 15.2. The van der Waals surface area contributed by atoms with Gasteiger partial charge in [0.05, 0.1) is 6.54 Å². The van der Waals surface area contributed by atoms with E-state index in [1.807, 2.05) is 6.20 Å². The molecule has 0 spiro atoms. The first kappa shape index (κ1) is 16.5. The molecular weight excluding hydrogens is 346 g/mol. The average molecular weight is 368 g/mol. The van der Waals surface area contributed by atoms with Crippen LogP contribution < -0.4 is 10.2 Å². The van der Waals surface area contributed by atoms with Crippen molar-refractivity contribution < 1.29 is 0 Å². The molecule has 0 aliphatic rings. The normalized spacial score (nSPS) is 11.1. The summed E-state index contributed by atoms with van der Waals surface area (Å²) >= 11 is 5.32. The van der Waals surface area contributed by atoms with E-state index in [2.05, 4.69) is 75.5 Å². The molecule has 0 aliphatic carbocycles. The lowest BCUT2D eigenvalue weighted by Gasteiger charge is -2.29. The van der Waals surface area contributed by atoms with Crippen molar-refractivity contribution in [3.05, 3.63) is 44.7 Å².